The molecule has 0 aliphatic carbocycles. The summed E-state index contributed by atoms with van der Waals surface area (Å²) in [5.74, 6) is 0.0893. The smallest absolute Gasteiger partial charge is 0.240 e. The summed E-state index contributed by atoms with van der Waals surface area (Å²) < 4.78 is 18.2. The SMILES string of the molecule is CC1CCN(C(=O)C(C#N)CCOc2ccc(F)cc2)CC1. The minimum atomic E-state index is -0.672. The first-order valence-electron chi connectivity index (χ1n) is 7.67. The molecule has 1 aromatic rings. The third kappa shape index (κ3) is 4.45. The molecule has 118 valence electrons. The first-order chi connectivity index (χ1) is 10.6. The van der Waals surface area contributed by atoms with Crippen LogP contribution in [-0.2, 0) is 4.79 Å². The number of halogens is 1. The molecular weight excluding hydrogens is 283 g/mol. The number of carbonyl (C=O) groups is 1. The number of piperidine rings is 1. The number of benzene rings is 1. The van der Waals surface area contributed by atoms with E-state index in [0.29, 0.717) is 18.1 Å². The van der Waals surface area contributed by atoms with Crippen molar-refractivity contribution in [3.8, 4) is 11.8 Å². The summed E-state index contributed by atoms with van der Waals surface area (Å²) >= 11 is 0. The van der Waals surface area contributed by atoms with Crippen LogP contribution >= 0.6 is 0 Å². The van der Waals surface area contributed by atoms with E-state index in [4.69, 9.17) is 4.74 Å². The fourth-order valence-electron chi connectivity index (χ4n) is 2.52. The molecule has 1 fully saturated rings. The molecule has 0 radical (unpaired) electrons. The van der Waals surface area contributed by atoms with Crippen molar-refractivity contribution >= 4 is 5.91 Å². The number of hydrogen-bond donors (Lipinski definition) is 0. The van der Waals surface area contributed by atoms with Gasteiger partial charge in [-0.1, -0.05) is 6.92 Å². The van der Waals surface area contributed by atoms with Crippen molar-refractivity contribution in [3.05, 3.63) is 30.1 Å². The zero-order valence-corrected chi connectivity index (χ0v) is 12.8. The lowest BCUT2D eigenvalue weighted by Crippen LogP contribution is -2.41. The van der Waals surface area contributed by atoms with Crippen molar-refractivity contribution in [1.29, 1.82) is 5.26 Å². The number of carbonyl (C=O) groups excluding carboxylic acids is 1. The highest BCUT2D eigenvalue weighted by Gasteiger charge is 2.26. The van der Waals surface area contributed by atoms with Crippen LogP contribution in [0.4, 0.5) is 4.39 Å². The number of nitriles is 1. The Balaban J connectivity index is 1.80. The Bertz CT molecular complexity index is 531. The quantitative estimate of drug-likeness (QED) is 0.840. The number of hydrogen-bond acceptors (Lipinski definition) is 3. The van der Waals surface area contributed by atoms with Gasteiger partial charge in [0.05, 0.1) is 12.7 Å². The fourth-order valence-corrected chi connectivity index (χ4v) is 2.52. The number of nitrogens with zero attached hydrogens (tertiary/aromatic N) is 2. The summed E-state index contributed by atoms with van der Waals surface area (Å²) in [6, 6.07) is 7.77. The van der Waals surface area contributed by atoms with Crippen LogP contribution in [-0.4, -0.2) is 30.5 Å². The van der Waals surface area contributed by atoms with E-state index in [0.717, 1.165) is 25.9 Å². The average molecular weight is 304 g/mol. The molecular formula is C17H21FN2O2. The van der Waals surface area contributed by atoms with E-state index < -0.39 is 5.92 Å². The molecule has 0 N–H and O–H groups in total. The van der Waals surface area contributed by atoms with Gasteiger partial charge in [-0.05, 0) is 43.0 Å². The van der Waals surface area contributed by atoms with Crippen LogP contribution in [0, 0.1) is 29.0 Å². The summed E-state index contributed by atoms with van der Waals surface area (Å²) in [6.07, 6.45) is 2.34. The molecule has 1 amide bonds. The van der Waals surface area contributed by atoms with E-state index in [1.165, 1.54) is 24.3 Å². The summed E-state index contributed by atoms with van der Waals surface area (Å²) in [6.45, 7) is 3.91. The number of rotatable bonds is 5. The van der Waals surface area contributed by atoms with E-state index in [1.807, 2.05) is 0 Å². The fraction of sp³-hybridized carbons (Fsp3) is 0.529. The standard InChI is InChI=1S/C17H21FN2O2/c1-13-6-9-20(10-7-13)17(21)14(12-19)8-11-22-16-4-2-15(18)3-5-16/h2-5,13-14H,6-11H2,1H3. The van der Waals surface area contributed by atoms with Gasteiger partial charge in [-0.15, -0.1) is 0 Å². The average Bonchev–Trinajstić information content (AvgIpc) is 2.53. The topological polar surface area (TPSA) is 53.3 Å². The van der Waals surface area contributed by atoms with Gasteiger partial charge >= 0.3 is 0 Å². The molecule has 0 saturated carbocycles. The lowest BCUT2D eigenvalue weighted by Gasteiger charge is -2.31. The van der Waals surface area contributed by atoms with Crippen molar-refractivity contribution in [1.82, 2.24) is 4.90 Å². The molecule has 5 heteroatoms. The highest BCUT2D eigenvalue weighted by molar-refractivity contribution is 5.81. The molecule has 0 bridgehead atoms. The summed E-state index contributed by atoms with van der Waals surface area (Å²) in [7, 11) is 0. The van der Waals surface area contributed by atoms with Gasteiger partial charge in [0.1, 0.15) is 17.5 Å². The first-order valence-corrected chi connectivity index (χ1v) is 7.67. The summed E-state index contributed by atoms with van der Waals surface area (Å²) in [4.78, 5) is 14.1. The van der Waals surface area contributed by atoms with Crippen molar-refractivity contribution in [2.75, 3.05) is 19.7 Å². The molecule has 1 unspecified atom stereocenters. The molecule has 2 rings (SSSR count). The molecule has 1 saturated heterocycles. The van der Waals surface area contributed by atoms with Gasteiger partial charge in [0.15, 0.2) is 0 Å². The maximum atomic E-state index is 12.8. The Morgan fingerprint density at radius 1 is 1.41 bits per heavy atom. The molecule has 22 heavy (non-hydrogen) atoms. The Morgan fingerprint density at radius 3 is 2.64 bits per heavy atom. The van der Waals surface area contributed by atoms with Crippen LogP contribution in [0.2, 0.25) is 0 Å². The van der Waals surface area contributed by atoms with E-state index in [-0.39, 0.29) is 18.3 Å². The minimum absolute atomic E-state index is 0.0999. The van der Waals surface area contributed by atoms with Crippen molar-refractivity contribution in [2.24, 2.45) is 11.8 Å². The van der Waals surface area contributed by atoms with Crippen molar-refractivity contribution in [3.63, 3.8) is 0 Å². The molecule has 1 aliphatic heterocycles. The van der Waals surface area contributed by atoms with Gasteiger partial charge in [0.25, 0.3) is 0 Å². The Kier molecular flexibility index (Phi) is 5.76. The number of ether oxygens (including phenoxy) is 1. The normalized spacial score (nSPS) is 16.9. The second-order valence-electron chi connectivity index (χ2n) is 5.78. The summed E-state index contributed by atoms with van der Waals surface area (Å²) in [5.41, 5.74) is 0. The van der Waals surface area contributed by atoms with Crippen molar-refractivity contribution < 1.29 is 13.9 Å². The maximum Gasteiger partial charge on any atom is 0.240 e. The second-order valence-corrected chi connectivity index (χ2v) is 5.78. The van der Waals surface area contributed by atoms with Crippen LogP contribution in [0.1, 0.15) is 26.2 Å². The number of likely N-dealkylation sites (tertiary alicyclic amines) is 1. The van der Waals surface area contributed by atoms with E-state index in [9.17, 15) is 14.4 Å². The van der Waals surface area contributed by atoms with Crippen LogP contribution < -0.4 is 4.74 Å². The molecule has 1 atom stereocenters. The van der Waals surface area contributed by atoms with Crippen LogP contribution in [0.5, 0.6) is 5.75 Å². The van der Waals surface area contributed by atoms with Gasteiger partial charge in [0, 0.05) is 19.5 Å². The minimum Gasteiger partial charge on any atom is -0.494 e. The van der Waals surface area contributed by atoms with Crippen LogP contribution in [0.25, 0.3) is 0 Å². The molecule has 1 aromatic carbocycles. The largest absolute Gasteiger partial charge is 0.494 e. The lowest BCUT2D eigenvalue weighted by atomic mass is 9.97. The first kappa shape index (κ1) is 16.3. The predicted molar refractivity (Wildman–Crippen MR) is 80.6 cm³/mol. The molecule has 1 aliphatic rings. The number of amides is 1. The van der Waals surface area contributed by atoms with Gasteiger partial charge < -0.3 is 9.64 Å². The van der Waals surface area contributed by atoms with E-state index >= 15 is 0 Å². The Morgan fingerprint density at radius 2 is 2.05 bits per heavy atom. The lowest BCUT2D eigenvalue weighted by molar-refractivity contribution is -0.135. The highest BCUT2D eigenvalue weighted by atomic mass is 19.1. The van der Waals surface area contributed by atoms with E-state index in [2.05, 4.69) is 13.0 Å². The monoisotopic (exact) mass is 304 g/mol. The Labute approximate surface area is 130 Å². The zero-order chi connectivity index (χ0) is 15.9. The maximum absolute atomic E-state index is 12.8. The van der Waals surface area contributed by atoms with Gasteiger partial charge in [-0.2, -0.15) is 5.26 Å². The Hall–Kier alpha value is -2.09. The third-order valence-electron chi connectivity index (χ3n) is 4.04. The molecule has 1 heterocycles. The van der Waals surface area contributed by atoms with Crippen LogP contribution in [0.15, 0.2) is 24.3 Å². The third-order valence-corrected chi connectivity index (χ3v) is 4.04. The van der Waals surface area contributed by atoms with E-state index in [1.54, 1.807) is 4.90 Å². The van der Waals surface area contributed by atoms with Crippen molar-refractivity contribution in [2.45, 2.75) is 26.2 Å². The van der Waals surface area contributed by atoms with Crippen LogP contribution in [0.3, 0.4) is 0 Å². The molecule has 0 spiro atoms. The second kappa shape index (κ2) is 7.79. The van der Waals surface area contributed by atoms with Gasteiger partial charge in [0.2, 0.25) is 5.91 Å². The predicted octanol–water partition coefficient (Wildman–Crippen LogP) is 2.99. The summed E-state index contributed by atoms with van der Waals surface area (Å²) in [5, 5.41) is 9.21. The van der Waals surface area contributed by atoms with Gasteiger partial charge in [-0.25, -0.2) is 4.39 Å². The highest BCUT2D eigenvalue weighted by Crippen LogP contribution is 2.19. The van der Waals surface area contributed by atoms with Gasteiger partial charge in [-0.3, -0.25) is 4.79 Å². The molecule has 4 nitrogen and oxygen atoms in total. The molecule has 0 aromatic heterocycles. The zero-order valence-electron chi connectivity index (χ0n) is 12.8.